The van der Waals surface area contributed by atoms with Crippen molar-refractivity contribution in [3.8, 4) is 11.1 Å². The highest BCUT2D eigenvalue weighted by molar-refractivity contribution is 6.09. The van der Waals surface area contributed by atoms with Gasteiger partial charge in [0.25, 0.3) is 5.91 Å². The molecule has 5 nitrogen and oxygen atoms in total. The molecule has 0 spiro atoms. The molecule has 0 radical (unpaired) electrons. The van der Waals surface area contributed by atoms with E-state index >= 15 is 0 Å². The number of nitrogens with one attached hydrogen (secondary N) is 1. The van der Waals surface area contributed by atoms with Gasteiger partial charge in [-0.15, -0.1) is 0 Å². The quantitative estimate of drug-likeness (QED) is 0.536. The first kappa shape index (κ1) is 23.6. The van der Waals surface area contributed by atoms with Crippen LogP contribution in [0.1, 0.15) is 48.2 Å². The van der Waals surface area contributed by atoms with Crippen LogP contribution < -0.4 is 10.2 Å². The zero-order valence-electron chi connectivity index (χ0n) is 20.5. The Bertz CT molecular complexity index is 1160. The molecule has 3 aromatic rings. The fourth-order valence-electron chi connectivity index (χ4n) is 4.51. The van der Waals surface area contributed by atoms with Gasteiger partial charge < -0.3 is 15.1 Å². The molecule has 1 heterocycles. The molecule has 1 saturated heterocycles. The maximum absolute atomic E-state index is 13.3. The predicted octanol–water partition coefficient (Wildman–Crippen LogP) is 5.71. The van der Waals surface area contributed by atoms with E-state index in [0.717, 1.165) is 54.2 Å². The molecule has 1 aliphatic heterocycles. The summed E-state index contributed by atoms with van der Waals surface area (Å²) in [7, 11) is 0. The largest absolute Gasteiger partial charge is 0.368 e. The van der Waals surface area contributed by atoms with Crippen LogP contribution in [0.25, 0.3) is 11.1 Å². The lowest BCUT2D eigenvalue weighted by molar-refractivity contribution is -0.129. The maximum Gasteiger partial charge on any atom is 0.256 e. The molecule has 0 saturated carbocycles. The van der Waals surface area contributed by atoms with Crippen LogP contribution in [0.3, 0.4) is 0 Å². The minimum absolute atomic E-state index is 0.116. The third kappa shape index (κ3) is 5.14. The van der Waals surface area contributed by atoms with Gasteiger partial charge in [-0.2, -0.15) is 0 Å². The first-order valence-electron chi connectivity index (χ1n) is 12.0. The van der Waals surface area contributed by atoms with Gasteiger partial charge in [-0.1, -0.05) is 50.2 Å². The van der Waals surface area contributed by atoms with Gasteiger partial charge in [-0.25, -0.2) is 0 Å². The van der Waals surface area contributed by atoms with Crippen LogP contribution in [0.4, 0.5) is 11.4 Å². The smallest absolute Gasteiger partial charge is 0.256 e. The Kier molecular flexibility index (Phi) is 7.01. The molecule has 0 atom stereocenters. The molecule has 0 unspecified atom stereocenters. The van der Waals surface area contributed by atoms with E-state index in [2.05, 4.69) is 48.3 Å². The fraction of sp³-hybridized carbons (Fsp3) is 0.310. The number of carbonyl (C=O) groups is 2. The van der Waals surface area contributed by atoms with Gasteiger partial charge in [-0.3, -0.25) is 9.59 Å². The second-order valence-corrected chi connectivity index (χ2v) is 9.27. The molecule has 5 heteroatoms. The Labute approximate surface area is 202 Å². The standard InChI is InChI=1S/C29H33N3O2/c1-20(2)23-8-10-24(11-9-23)28-21(3)6-5-7-27(28)29(34)30-25-12-14-26(15-13-25)32-18-16-31(17-19-32)22(4)33/h5-15,20H,16-19H2,1-4H3,(H,30,34). The van der Waals surface area contributed by atoms with Crippen molar-refractivity contribution >= 4 is 23.2 Å². The summed E-state index contributed by atoms with van der Waals surface area (Å²) < 4.78 is 0. The van der Waals surface area contributed by atoms with E-state index in [1.807, 2.05) is 54.3 Å². The summed E-state index contributed by atoms with van der Waals surface area (Å²) >= 11 is 0. The van der Waals surface area contributed by atoms with Crippen LogP contribution in [-0.2, 0) is 4.79 Å². The molecule has 4 rings (SSSR count). The molecule has 0 bridgehead atoms. The van der Waals surface area contributed by atoms with E-state index in [-0.39, 0.29) is 11.8 Å². The van der Waals surface area contributed by atoms with Gasteiger partial charge in [0, 0.05) is 50.0 Å². The number of amides is 2. The second-order valence-electron chi connectivity index (χ2n) is 9.27. The van der Waals surface area contributed by atoms with Crippen molar-refractivity contribution in [3.63, 3.8) is 0 Å². The lowest BCUT2D eigenvalue weighted by Gasteiger charge is -2.35. The first-order valence-corrected chi connectivity index (χ1v) is 12.0. The maximum atomic E-state index is 13.3. The van der Waals surface area contributed by atoms with Gasteiger partial charge >= 0.3 is 0 Å². The highest BCUT2D eigenvalue weighted by Gasteiger charge is 2.19. The van der Waals surface area contributed by atoms with Crippen molar-refractivity contribution in [2.24, 2.45) is 0 Å². The van der Waals surface area contributed by atoms with Crippen molar-refractivity contribution in [2.75, 3.05) is 36.4 Å². The number of nitrogens with zero attached hydrogens (tertiary/aromatic N) is 2. The monoisotopic (exact) mass is 455 g/mol. The predicted molar refractivity (Wildman–Crippen MR) is 140 cm³/mol. The van der Waals surface area contributed by atoms with Crippen LogP contribution in [-0.4, -0.2) is 42.9 Å². The van der Waals surface area contributed by atoms with Gasteiger partial charge in [0.05, 0.1) is 0 Å². The van der Waals surface area contributed by atoms with E-state index < -0.39 is 0 Å². The molecular formula is C29H33N3O2. The lowest BCUT2D eigenvalue weighted by Crippen LogP contribution is -2.48. The normalized spacial score (nSPS) is 13.8. The highest BCUT2D eigenvalue weighted by atomic mass is 16.2. The van der Waals surface area contributed by atoms with Crippen molar-refractivity contribution in [3.05, 3.63) is 83.4 Å². The number of benzene rings is 3. The third-order valence-electron chi connectivity index (χ3n) is 6.60. The molecule has 3 aromatic carbocycles. The van der Waals surface area contributed by atoms with E-state index in [9.17, 15) is 9.59 Å². The molecule has 1 N–H and O–H groups in total. The number of aryl methyl sites for hydroxylation is 1. The summed E-state index contributed by atoms with van der Waals surface area (Å²) in [4.78, 5) is 29.0. The number of carbonyl (C=O) groups excluding carboxylic acids is 2. The topological polar surface area (TPSA) is 52.7 Å². The van der Waals surface area contributed by atoms with Crippen LogP contribution in [0, 0.1) is 6.92 Å². The molecule has 0 aromatic heterocycles. The minimum atomic E-state index is -0.116. The van der Waals surface area contributed by atoms with Crippen LogP contribution in [0.5, 0.6) is 0 Å². The summed E-state index contributed by atoms with van der Waals surface area (Å²) in [6.07, 6.45) is 0. The molecule has 0 aliphatic carbocycles. The summed E-state index contributed by atoms with van der Waals surface area (Å²) in [6.45, 7) is 11.1. The fourth-order valence-corrected chi connectivity index (χ4v) is 4.51. The Hall–Kier alpha value is -3.60. The zero-order valence-corrected chi connectivity index (χ0v) is 20.5. The van der Waals surface area contributed by atoms with E-state index in [1.54, 1.807) is 6.92 Å². The van der Waals surface area contributed by atoms with Gasteiger partial charge in [-0.05, 0) is 65.4 Å². The number of hydrogen-bond acceptors (Lipinski definition) is 3. The summed E-state index contributed by atoms with van der Waals surface area (Å²) in [5.41, 5.74) is 6.90. The zero-order chi connectivity index (χ0) is 24.2. The molecule has 1 aliphatic rings. The van der Waals surface area contributed by atoms with Crippen molar-refractivity contribution < 1.29 is 9.59 Å². The van der Waals surface area contributed by atoms with Crippen molar-refractivity contribution in [2.45, 2.75) is 33.6 Å². The van der Waals surface area contributed by atoms with Gasteiger partial charge in [0.15, 0.2) is 0 Å². The average Bonchev–Trinajstić information content (AvgIpc) is 2.84. The van der Waals surface area contributed by atoms with Crippen molar-refractivity contribution in [1.29, 1.82) is 0 Å². The van der Waals surface area contributed by atoms with Crippen LogP contribution in [0.2, 0.25) is 0 Å². The van der Waals surface area contributed by atoms with Crippen molar-refractivity contribution in [1.82, 2.24) is 4.90 Å². The Morgan fingerprint density at radius 1 is 0.853 bits per heavy atom. The second kappa shape index (κ2) is 10.1. The average molecular weight is 456 g/mol. The number of hydrogen-bond donors (Lipinski definition) is 1. The molecule has 1 fully saturated rings. The molecule has 176 valence electrons. The summed E-state index contributed by atoms with van der Waals surface area (Å²) in [6, 6.07) is 22.3. The molecular weight excluding hydrogens is 422 g/mol. The minimum Gasteiger partial charge on any atom is -0.368 e. The first-order chi connectivity index (χ1) is 16.3. The Morgan fingerprint density at radius 3 is 2.09 bits per heavy atom. The van der Waals surface area contributed by atoms with Gasteiger partial charge in [0.2, 0.25) is 5.91 Å². The Morgan fingerprint density at radius 2 is 1.50 bits per heavy atom. The van der Waals surface area contributed by atoms with E-state index in [1.165, 1.54) is 5.56 Å². The third-order valence-corrected chi connectivity index (χ3v) is 6.60. The SMILES string of the molecule is CC(=O)N1CCN(c2ccc(NC(=O)c3cccc(C)c3-c3ccc(C(C)C)cc3)cc2)CC1. The number of anilines is 2. The van der Waals surface area contributed by atoms with E-state index in [4.69, 9.17) is 0 Å². The number of piperazine rings is 1. The van der Waals surface area contributed by atoms with Crippen LogP contribution >= 0.6 is 0 Å². The molecule has 34 heavy (non-hydrogen) atoms. The summed E-state index contributed by atoms with van der Waals surface area (Å²) in [5.74, 6) is 0.480. The highest BCUT2D eigenvalue weighted by Crippen LogP contribution is 2.30. The van der Waals surface area contributed by atoms with E-state index in [0.29, 0.717) is 11.5 Å². The lowest BCUT2D eigenvalue weighted by atomic mass is 9.92. The summed E-state index contributed by atoms with van der Waals surface area (Å²) in [5, 5.41) is 3.07. The Balaban J connectivity index is 1.49. The van der Waals surface area contributed by atoms with Gasteiger partial charge in [0.1, 0.15) is 0 Å². The molecule has 2 amide bonds. The van der Waals surface area contributed by atoms with Crippen LogP contribution in [0.15, 0.2) is 66.7 Å². The number of rotatable bonds is 5.